The van der Waals surface area contributed by atoms with Crippen LogP contribution >= 0.6 is 0 Å². The summed E-state index contributed by atoms with van der Waals surface area (Å²) in [6.07, 6.45) is -0.757. The predicted molar refractivity (Wildman–Crippen MR) is 98.7 cm³/mol. The Labute approximate surface area is 159 Å². The van der Waals surface area contributed by atoms with Gasteiger partial charge in [-0.2, -0.15) is 18.4 Å². The van der Waals surface area contributed by atoms with Crippen molar-refractivity contribution in [2.75, 3.05) is 5.32 Å². The summed E-state index contributed by atoms with van der Waals surface area (Å²) in [5, 5.41) is 11.5. The molecule has 0 aliphatic carbocycles. The number of aromatic nitrogens is 3. The minimum Gasteiger partial charge on any atom is -0.324 e. The number of nitrogens with one attached hydrogen (secondary N) is 1. The lowest BCUT2D eigenvalue weighted by Crippen LogP contribution is -2.10. The van der Waals surface area contributed by atoms with E-state index in [4.69, 9.17) is 5.26 Å². The second-order valence-corrected chi connectivity index (χ2v) is 6.17. The van der Waals surface area contributed by atoms with Gasteiger partial charge in [0.1, 0.15) is 5.69 Å². The van der Waals surface area contributed by atoms with Crippen LogP contribution in [-0.2, 0) is 12.6 Å². The Hall–Kier alpha value is -3.47. The fourth-order valence-corrected chi connectivity index (χ4v) is 2.65. The highest BCUT2D eigenvalue weighted by molar-refractivity contribution is 5.70. The van der Waals surface area contributed by atoms with Crippen molar-refractivity contribution in [3.63, 3.8) is 0 Å². The van der Waals surface area contributed by atoms with Gasteiger partial charge in [-0.25, -0.2) is 9.97 Å². The van der Waals surface area contributed by atoms with Crippen LogP contribution in [0.5, 0.6) is 0 Å². The third kappa shape index (κ3) is 4.82. The first-order chi connectivity index (χ1) is 13.3. The molecule has 0 saturated carbocycles. The van der Waals surface area contributed by atoms with Crippen LogP contribution in [0.15, 0.2) is 48.8 Å². The van der Waals surface area contributed by atoms with Gasteiger partial charge >= 0.3 is 6.18 Å². The summed E-state index contributed by atoms with van der Waals surface area (Å²) in [5.41, 5.74) is 3.03. The van der Waals surface area contributed by atoms with Crippen LogP contribution in [-0.4, -0.2) is 15.0 Å². The average molecular weight is 383 g/mol. The predicted octanol–water partition coefficient (Wildman–Crippen LogP) is 5.07. The molecule has 0 unspecified atom stereocenters. The van der Waals surface area contributed by atoms with Gasteiger partial charge < -0.3 is 5.32 Å². The molecule has 5 nitrogen and oxygen atoms in total. The summed E-state index contributed by atoms with van der Waals surface area (Å²) in [5.74, 6) is -0.128. The molecule has 28 heavy (non-hydrogen) atoms. The number of aryl methyl sites for hydroxylation is 2. The van der Waals surface area contributed by atoms with E-state index in [1.165, 1.54) is 0 Å². The van der Waals surface area contributed by atoms with Crippen molar-refractivity contribution in [2.45, 2.75) is 25.9 Å². The fourth-order valence-electron chi connectivity index (χ4n) is 2.65. The van der Waals surface area contributed by atoms with Crippen molar-refractivity contribution in [1.82, 2.24) is 15.0 Å². The van der Waals surface area contributed by atoms with Crippen LogP contribution in [0.2, 0.25) is 0 Å². The average Bonchev–Trinajstić information content (AvgIpc) is 2.66. The van der Waals surface area contributed by atoms with E-state index in [0.717, 1.165) is 34.6 Å². The van der Waals surface area contributed by atoms with Gasteiger partial charge in [-0.1, -0.05) is 12.1 Å². The summed E-state index contributed by atoms with van der Waals surface area (Å²) in [6.45, 7) is 1.89. The molecule has 3 rings (SSSR count). The van der Waals surface area contributed by atoms with Crippen molar-refractivity contribution in [2.24, 2.45) is 0 Å². The molecule has 0 amide bonds. The number of nitriles is 1. The maximum absolute atomic E-state index is 12.8. The summed E-state index contributed by atoms with van der Waals surface area (Å²) in [4.78, 5) is 11.7. The molecule has 8 heteroatoms. The molecule has 0 spiro atoms. The molecule has 0 atom stereocenters. The summed E-state index contributed by atoms with van der Waals surface area (Å²) in [7, 11) is 0. The van der Waals surface area contributed by atoms with Gasteiger partial charge in [0, 0.05) is 42.2 Å². The Balaban J connectivity index is 1.85. The molecular weight excluding hydrogens is 367 g/mol. The Kier molecular flexibility index (Phi) is 5.54. The molecule has 142 valence electrons. The number of alkyl halides is 3. The molecule has 0 saturated heterocycles. The van der Waals surface area contributed by atoms with E-state index in [9.17, 15) is 13.2 Å². The molecule has 3 aromatic rings. The van der Waals surface area contributed by atoms with Gasteiger partial charge in [0.25, 0.3) is 0 Å². The maximum atomic E-state index is 12.8. The summed E-state index contributed by atoms with van der Waals surface area (Å²) < 4.78 is 38.5. The van der Waals surface area contributed by atoms with Gasteiger partial charge in [-0.3, -0.25) is 4.98 Å². The molecule has 0 bridgehead atoms. The summed E-state index contributed by atoms with van der Waals surface area (Å²) in [6, 6.07) is 12.2. The van der Waals surface area contributed by atoms with Crippen molar-refractivity contribution >= 4 is 11.6 Å². The highest BCUT2D eigenvalue weighted by atomic mass is 19.4. The third-order valence-corrected chi connectivity index (χ3v) is 3.93. The first-order valence-electron chi connectivity index (χ1n) is 8.46. The molecule has 2 aromatic heterocycles. The summed E-state index contributed by atoms with van der Waals surface area (Å²) >= 11 is 0. The number of hydrogen-bond donors (Lipinski definition) is 1. The zero-order valence-electron chi connectivity index (χ0n) is 15.0. The van der Waals surface area contributed by atoms with E-state index >= 15 is 0 Å². The van der Waals surface area contributed by atoms with Crippen LogP contribution in [0, 0.1) is 18.3 Å². The lowest BCUT2D eigenvalue weighted by Gasteiger charge is -2.11. The number of halogens is 3. The van der Waals surface area contributed by atoms with Crippen molar-refractivity contribution in [1.29, 1.82) is 5.26 Å². The number of hydrogen-bond acceptors (Lipinski definition) is 5. The third-order valence-electron chi connectivity index (χ3n) is 3.93. The van der Waals surface area contributed by atoms with Gasteiger partial charge in [0.15, 0.2) is 0 Å². The second-order valence-electron chi connectivity index (χ2n) is 6.17. The van der Waals surface area contributed by atoms with Crippen LogP contribution in [0.3, 0.4) is 0 Å². The SMILES string of the molecule is Cc1cc(Nc2nccc(C(F)(F)F)n2)cc(-c2ccc(CCC#N)nc2)c1. The van der Waals surface area contributed by atoms with Crippen LogP contribution in [0.1, 0.15) is 23.4 Å². The van der Waals surface area contributed by atoms with Gasteiger partial charge in [-0.15, -0.1) is 0 Å². The molecule has 0 aliphatic rings. The highest BCUT2D eigenvalue weighted by Crippen LogP contribution is 2.29. The van der Waals surface area contributed by atoms with E-state index < -0.39 is 11.9 Å². The smallest absolute Gasteiger partial charge is 0.324 e. The van der Waals surface area contributed by atoms with Crippen molar-refractivity contribution in [3.8, 4) is 17.2 Å². The van der Waals surface area contributed by atoms with Crippen molar-refractivity contribution in [3.05, 3.63) is 65.7 Å². The largest absolute Gasteiger partial charge is 0.433 e. The fraction of sp³-hybridized carbons (Fsp3) is 0.200. The molecule has 0 aliphatic heterocycles. The topological polar surface area (TPSA) is 74.5 Å². The zero-order valence-corrected chi connectivity index (χ0v) is 15.0. The Morgan fingerprint density at radius 3 is 2.57 bits per heavy atom. The first kappa shape index (κ1) is 19.3. The molecule has 0 fully saturated rings. The lowest BCUT2D eigenvalue weighted by atomic mass is 10.0. The van der Waals surface area contributed by atoms with Gasteiger partial charge in [0.2, 0.25) is 5.95 Å². The quantitative estimate of drug-likeness (QED) is 0.666. The Morgan fingerprint density at radius 2 is 1.89 bits per heavy atom. The van der Waals surface area contributed by atoms with E-state index in [2.05, 4.69) is 26.3 Å². The number of benzene rings is 1. The van der Waals surface area contributed by atoms with Crippen LogP contribution < -0.4 is 5.32 Å². The number of anilines is 2. The van der Waals surface area contributed by atoms with Gasteiger partial charge in [0.05, 0.1) is 6.07 Å². The van der Waals surface area contributed by atoms with E-state index in [-0.39, 0.29) is 5.95 Å². The first-order valence-corrected chi connectivity index (χ1v) is 8.46. The number of pyridine rings is 1. The van der Waals surface area contributed by atoms with E-state index in [0.29, 0.717) is 18.5 Å². The van der Waals surface area contributed by atoms with E-state index in [1.807, 2.05) is 25.1 Å². The molecule has 0 radical (unpaired) electrons. The van der Waals surface area contributed by atoms with Gasteiger partial charge in [-0.05, 0) is 42.3 Å². The van der Waals surface area contributed by atoms with Crippen LogP contribution in [0.4, 0.5) is 24.8 Å². The molecule has 1 aromatic carbocycles. The monoisotopic (exact) mass is 383 g/mol. The van der Waals surface area contributed by atoms with Crippen LogP contribution in [0.25, 0.3) is 11.1 Å². The molecule has 2 heterocycles. The molecule has 1 N–H and O–H groups in total. The Bertz CT molecular complexity index is 1010. The minimum atomic E-state index is -4.53. The Morgan fingerprint density at radius 1 is 1.07 bits per heavy atom. The zero-order chi connectivity index (χ0) is 20.1. The highest BCUT2D eigenvalue weighted by Gasteiger charge is 2.32. The lowest BCUT2D eigenvalue weighted by molar-refractivity contribution is -0.141. The van der Waals surface area contributed by atoms with Crippen molar-refractivity contribution < 1.29 is 13.2 Å². The molecular formula is C20H16F3N5. The normalized spacial score (nSPS) is 11.1. The number of rotatable bonds is 5. The van der Waals surface area contributed by atoms with E-state index in [1.54, 1.807) is 18.3 Å². The standard InChI is InChI=1S/C20H16F3N5/c1-13-9-15(14-4-5-16(26-12-14)3-2-7-24)11-17(10-13)27-19-25-8-6-18(28-19)20(21,22)23/h4-6,8-12H,2-3H2,1H3,(H,25,27,28). The second kappa shape index (κ2) is 8.05. The maximum Gasteiger partial charge on any atom is 0.433 e. The number of nitrogens with zero attached hydrogens (tertiary/aromatic N) is 4. The minimum absolute atomic E-state index is 0.128.